The van der Waals surface area contributed by atoms with Gasteiger partial charge in [0.2, 0.25) is 0 Å². The quantitative estimate of drug-likeness (QED) is 0.829. The Kier molecular flexibility index (Phi) is 3.46. The van der Waals surface area contributed by atoms with E-state index in [4.69, 9.17) is 4.52 Å². The average Bonchev–Trinajstić information content (AvgIpc) is 3.12. The number of H-pyrrole nitrogens is 1. The van der Waals surface area contributed by atoms with E-state index < -0.39 is 6.10 Å². The minimum atomic E-state index is -0.577. The number of aromatic nitrogens is 4. The van der Waals surface area contributed by atoms with Crippen molar-refractivity contribution in [2.45, 2.75) is 26.4 Å². The average molecular weight is 291 g/mol. The van der Waals surface area contributed by atoms with Crippen molar-refractivity contribution < 1.29 is 14.4 Å². The zero-order chi connectivity index (χ0) is 15.0. The Labute approximate surface area is 121 Å². The smallest absolute Gasteiger partial charge is 0.276 e. The number of rotatable bonds is 3. The largest absolute Gasteiger partial charge is 0.391 e. The number of carbonyl (C=O) groups is 1. The van der Waals surface area contributed by atoms with E-state index in [1.165, 1.54) is 0 Å². The first kappa shape index (κ1) is 13.7. The van der Waals surface area contributed by atoms with Crippen LogP contribution in [-0.2, 0) is 6.42 Å². The highest BCUT2D eigenvalue weighted by molar-refractivity contribution is 5.93. The Morgan fingerprint density at radius 3 is 2.90 bits per heavy atom. The summed E-state index contributed by atoms with van der Waals surface area (Å²) in [4.78, 5) is 13.9. The van der Waals surface area contributed by atoms with Crippen molar-refractivity contribution in [2.75, 3.05) is 13.1 Å². The summed E-state index contributed by atoms with van der Waals surface area (Å²) in [5.41, 5.74) is 1.67. The Balaban J connectivity index is 1.68. The molecule has 3 heterocycles. The molecule has 112 valence electrons. The maximum Gasteiger partial charge on any atom is 0.276 e. The number of nitrogens with one attached hydrogen (secondary N) is 1. The molecule has 0 unspecified atom stereocenters. The molecule has 2 aromatic heterocycles. The number of hydrogen-bond donors (Lipinski definition) is 2. The molecule has 1 amide bonds. The van der Waals surface area contributed by atoms with Gasteiger partial charge in [0.1, 0.15) is 5.76 Å². The summed E-state index contributed by atoms with van der Waals surface area (Å²) < 4.78 is 5.17. The Morgan fingerprint density at radius 1 is 1.48 bits per heavy atom. The molecule has 2 aromatic rings. The van der Waals surface area contributed by atoms with Crippen LogP contribution in [0.2, 0.25) is 0 Å². The van der Waals surface area contributed by atoms with E-state index in [1.807, 2.05) is 13.0 Å². The first-order chi connectivity index (χ1) is 10.0. The Bertz CT molecular complexity index is 650. The third-order valence-electron chi connectivity index (χ3n) is 3.76. The molecule has 21 heavy (non-hydrogen) atoms. The van der Waals surface area contributed by atoms with Gasteiger partial charge in [-0.1, -0.05) is 5.16 Å². The first-order valence-corrected chi connectivity index (χ1v) is 6.81. The van der Waals surface area contributed by atoms with Crippen LogP contribution in [-0.4, -0.2) is 55.7 Å². The predicted molar refractivity (Wildman–Crippen MR) is 71.5 cm³/mol. The maximum atomic E-state index is 12.3. The lowest BCUT2D eigenvalue weighted by Crippen LogP contribution is -2.30. The summed E-state index contributed by atoms with van der Waals surface area (Å²) in [5, 5.41) is 24.1. The number of β-amino-alcohol motifs (C(OH)–C–C–N with tert-alkyl or cyclic N) is 1. The van der Waals surface area contributed by atoms with Gasteiger partial charge in [-0.3, -0.25) is 4.79 Å². The van der Waals surface area contributed by atoms with Gasteiger partial charge in [-0.05, 0) is 13.8 Å². The highest BCUT2D eigenvalue weighted by Gasteiger charge is 2.36. The van der Waals surface area contributed by atoms with Crippen molar-refractivity contribution in [1.82, 2.24) is 25.5 Å². The third-order valence-corrected chi connectivity index (χ3v) is 3.76. The van der Waals surface area contributed by atoms with E-state index in [9.17, 15) is 9.90 Å². The van der Waals surface area contributed by atoms with Gasteiger partial charge in [-0.15, -0.1) is 0 Å². The number of aliphatic hydroxyl groups excluding tert-OH is 1. The molecule has 0 bridgehead atoms. The number of aromatic amines is 1. The summed E-state index contributed by atoms with van der Waals surface area (Å²) in [5.74, 6) is 0.452. The second kappa shape index (κ2) is 5.28. The highest BCUT2D eigenvalue weighted by atomic mass is 16.5. The summed E-state index contributed by atoms with van der Waals surface area (Å²) in [7, 11) is 0. The van der Waals surface area contributed by atoms with E-state index in [0.29, 0.717) is 30.9 Å². The number of aryl methyl sites for hydroxylation is 2. The van der Waals surface area contributed by atoms with Crippen LogP contribution in [0.25, 0.3) is 0 Å². The number of likely N-dealkylation sites (tertiary alicyclic amines) is 1. The number of carbonyl (C=O) groups excluding carboxylic acids is 1. The summed E-state index contributed by atoms with van der Waals surface area (Å²) in [6.07, 6.45) is -0.0181. The first-order valence-electron chi connectivity index (χ1n) is 6.81. The van der Waals surface area contributed by atoms with Gasteiger partial charge in [-0.2, -0.15) is 15.4 Å². The zero-order valence-corrected chi connectivity index (χ0v) is 11.9. The van der Waals surface area contributed by atoms with Crippen molar-refractivity contribution in [3.05, 3.63) is 28.9 Å². The molecule has 0 spiro atoms. The highest BCUT2D eigenvalue weighted by Crippen LogP contribution is 2.23. The molecule has 0 saturated carbocycles. The fraction of sp³-hybridized carbons (Fsp3) is 0.538. The lowest BCUT2D eigenvalue weighted by Gasteiger charge is -2.14. The number of nitrogens with zero attached hydrogens (tertiary/aromatic N) is 4. The summed E-state index contributed by atoms with van der Waals surface area (Å²) in [6.45, 7) is 4.33. The van der Waals surface area contributed by atoms with Gasteiger partial charge >= 0.3 is 0 Å². The molecule has 1 aliphatic heterocycles. The van der Waals surface area contributed by atoms with Crippen LogP contribution in [0.1, 0.15) is 27.6 Å². The molecule has 1 fully saturated rings. The fourth-order valence-corrected chi connectivity index (χ4v) is 2.63. The second-order valence-electron chi connectivity index (χ2n) is 5.43. The van der Waals surface area contributed by atoms with Crippen LogP contribution in [0.4, 0.5) is 0 Å². The standard InChI is InChI=1S/C13H17N5O3/c1-7-3-10(21-16-7)4-9-5-18(6-11(9)19)13(20)12-8(2)14-17-15-12/h3,9,11,19H,4-6H2,1-2H3,(H,14,15,17)/t9-,11-/m1/s1. The number of hydrogen-bond acceptors (Lipinski definition) is 6. The molecular weight excluding hydrogens is 274 g/mol. The molecule has 8 nitrogen and oxygen atoms in total. The van der Waals surface area contributed by atoms with Crippen molar-refractivity contribution in [3.63, 3.8) is 0 Å². The topological polar surface area (TPSA) is 108 Å². The van der Waals surface area contributed by atoms with Crippen molar-refractivity contribution in [1.29, 1.82) is 0 Å². The minimum Gasteiger partial charge on any atom is -0.391 e. The molecule has 8 heteroatoms. The van der Waals surface area contributed by atoms with Gasteiger partial charge in [0.15, 0.2) is 5.69 Å². The van der Waals surface area contributed by atoms with E-state index >= 15 is 0 Å². The molecular formula is C13H17N5O3. The Hall–Kier alpha value is -2.22. The Morgan fingerprint density at radius 2 is 2.29 bits per heavy atom. The molecule has 3 rings (SSSR count). The SMILES string of the molecule is Cc1cc(C[C@@H]2CN(C(=O)c3n[nH]nc3C)C[C@H]2O)on1. The summed E-state index contributed by atoms with van der Waals surface area (Å²) in [6, 6.07) is 1.85. The van der Waals surface area contributed by atoms with Gasteiger partial charge in [0.25, 0.3) is 5.91 Å². The normalized spacial score (nSPS) is 22.0. The van der Waals surface area contributed by atoms with Crippen LogP contribution in [0.15, 0.2) is 10.6 Å². The number of aliphatic hydroxyl groups is 1. The van der Waals surface area contributed by atoms with Crippen LogP contribution < -0.4 is 0 Å². The molecule has 0 radical (unpaired) electrons. The van der Waals surface area contributed by atoms with Crippen molar-refractivity contribution in [3.8, 4) is 0 Å². The van der Waals surface area contributed by atoms with Gasteiger partial charge < -0.3 is 14.5 Å². The van der Waals surface area contributed by atoms with Crippen LogP contribution in [0.3, 0.4) is 0 Å². The number of amides is 1. The van der Waals surface area contributed by atoms with Crippen LogP contribution in [0.5, 0.6) is 0 Å². The molecule has 2 N–H and O–H groups in total. The molecule has 0 aromatic carbocycles. The predicted octanol–water partition coefficient (Wildman–Crippen LogP) is 0.0851. The fourth-order valence-electron chi connectivity index (χ4n) is 2.63. The van der Waals surface area contributed by atoms with Gasteiger partial charge in [0.05, 0.1) is 17.5 Å². The molecule has 1 aliphatic rings. The summed E-state index contributed by atoms with van der Waals surface area (Å²) >= 11 is 0. The van der Waals surface area contributed by atoms with Crippen LogP contribution in [0, 0.1) is 19.8 Å². The van der Waals surface area contributed by atoms with E-state index in [0.717, 1.165) is 11.5 Å². The zero-order valence-electron chi connectivity index (χ0n) is 11.9. The van der Waals surface area contributed by atoms with E-state index in [-0.39, 0.29) is 11.8 Å². The third kappa shape index (κ3) is 2.66. The van der Waals surface area contributed by atoms with E-state index in [1.54, 1.807) is 11.8 Å². The van der Waals surface area contributed by atoms with Gasteiger partial charge in [-0.25, -0.2) is 0 Å². The van der Waals surface area contributed by atoms with Crippen molar-refractivity contribution in [2.24, 2.45) is 5.92 Å². The lowest BCUT2D eigenvalue weighted by atomic mass is 10.0. The van der Waals surface area contributed by atoms with Gasteiger partial charge in [0, 0.05) is 31.5 Å². The van der Waals surface area contributed by atoms with Crippen molar-refractivity contribution >= 4 is 5.91 Å². The monoisotopic (exact) mass is 291 g/mol. The second-order valence-corrected chi connectivity index (χ2v) is 5.43. The lowest BCUT2D eigenvalue weighted by molar-refractivity contribution is 0.0758. The molecule has 1 saturated heterocycles. The maximum absolute atomic E-state index is 12.3. The van der Waals surface area contributed by atoms with Crippen LogP contribution >= 0.6 is 0 Å². The minimum absolute atomic E-state index is 0.0616. The molecule has 0 aliphatic carbocycles. The molecule has 2 atom stereocenters. The van der Waals surface area contributed by atoms with E-state index in [2.05, 4.69) is 20.6 Å².